The van der Waals surface area contributed by atoms with Gasteiger partial charge >= 0.3 is 0 Å². The van der Waals surface area contributed by atoms with Crippen LogP contribution in [0.2, 0.25) is 0 Å². The van der Waals surface area contributed by atoms with Crippen molar-refractivity contribution >= 4 is 28.5 Å². The fourth-order valence-electron chi connectivity index (χ4n) is 5.84. The van der Waals surface area contributed by atoms with Gasteiger partial charge in [-0.1, -0.05) is 48.0 Å². The first-order valence-electron chi connectivity index (χ1n) is 12.5. The number of carbonyl (C=O) groups excluding carboxylic acids is 2. The molecule has 0 unspecified atom stereocenters. The van der Waals surface area contributed by atoms with Crippen LogP contribution in [-0.2, 0) is 23.4 Å². The van der Waals surface area contributed by atoms with Gasteiger partial charge < -0.3 is 18.6 Å². The van der Waals surface area contributed by atoms with E-state index >= 15 is 0 Å². The van der Waals surface area contributed by atoms with E-state index in [1.54, 1.807) is 72.8 Å². The predicted octanol–water partition coefficient (Wildman–Crippen LogP) is 5.28. The second-order valence-corrected chi connectivity index (χ2v) is 9.82. The van der Waals surface area contributed by atoms with Crippen LogP contribution in [0.3, 0.4) is 0 Å². The van der Waals surface area contributed by atoms with Crippen molar-refractivity contribution in [1.29, 1.82) is 0 Å². The van der Waals surface area contributed by atoms with Gasteiger partial charge in [0.1, 0.15) is 17.2 Å². The minimum atomic E-state index is -1.82. The van der Waals surface area contributed by atoms with E-state index in [4.69, 9.17) is 8.83 Å². The number of benzene rings is 3. The van der Waals surface area contributed by atoms with Crippen LogP contribution >= 0.6 is 0 Å². The quantitative estimate of drug-likeness (QED) is 0.322. The van der Waals surface area contributed by atoms with E-state index in [1.165, 1.54) is 22.1 Å². The molecule has 192 valence electrons. The summed E-state index contributed by atoms with van der Waals surface area (Å²) in [6.07, 6.45) is 1.48. The number of halogens is 1. The standard InChI is InChI=1S/C31H21FN2O5/c1-18-12-13-25-21(15-18)27(35)26-28(39-25)29(36)34(17-20-8-6-14-38-20)31(26)22-9-3-5-11-24(22)33(30(31)37)16-19-7-2-4-10-23(19)32/h2-15H,16-17H2,1H3/t31-/m1/s1. The molecule has 5 aromatic rings. The van der Waals surface area contributed by atoms with Crippen LogP contribution in [0.1, 0.15) is 38.6 Å². The highest BCUT2D eigenvalue weighted by Crippen LogP contribution is 2.53. The van der Waals surface area contributed by atoms with Gasteiger partial charge in [-0.15, -0.1) is 0 Å². The molecule has 4 heterocycles. The average Bonchev–Trinajstić information content (AvgIpc) is 3.60. The van der Waals surface area contributed by atoms with Crippen molar-refractivity contribution in [2.75, 3.05) is 4.90 Å². The number of carbonyl (C=O) groups is 2. The first-order valence-corrected chi connectivity index (χ1v) is 12.5. The Hall–Kier alpha value is -4.98. The minimum Gasteiger partial charge on any atom is -0.467 e. The highest BCUT2D eigenvalue weighted by atomic mass is 19.1. The number of nitrogens with zero attached hydrogens (tertiary/aromatic N) is 2. The summed E-state index contributed by atoms with van der Waals surface area (Å²) in [4.78, 5) is 45.7. The normalized spacial score (nSPS) is 17.9. The third kappa shape index (κ3) is 3.11. The number of anilines is 1. The number of fused-ring (bicyclic) bond motifs is 5. The monoisotopic (exact) mass is 520 g/mol. The Morgan fingerprint density at radius 2 is 1.69 bits per heavy atom. The molecule has 0 saturated heterocycles. The van der Waals surface area contributed by atoms with Crippen molar-refractivity contribution in [3.63, 3.8) is 0 Å². The molecular formula is C31H21FN2O5. The summed E-state index contributed by atoms with van der Waals surface area (Å²) in [5.41, 5.74) is 0.0192. The topological polar surface area (TPSA) is 84.0 Å². The van der Waals surface area contributed by atoms with E-state index in [0.717, 1.165) is 5.56 Å². The lowest BCUT2D eigenvalue weighted by molar-refractivity contribution is -0.126. The number of furan rings is 1. The second-order valence-electron chi connectivity index (χ2n) is 9.82. The molecule has 2 aliphatic heterocycles. The fraction of sp³-hybridized carbons (Fsp3) is 0.129. The molecule has 8 heteroatoms. The van der Waals surface area contributed by atoms with Crippen molar-refractivity contribution in [3.8, 4) is 0 Å². The molecule has 1 atom stereocenters. The average molecular weight is 521 g/mol. The van der Waals surface area contributed by atoms with Gasteiger partial charge in [0.25, 0.3) is 11.8 Å². The number of amides is 2. The molecule has 3 aromatic carbocycles. The molecule has 0 fully saturated rings. The van der Waals surface area contributed by atoms with E-state index in [0.29, 0.717) is 22.6 Å². The largest absolute Gasteiger partial charge is 0.467 e. The van der Waals surface area contributed by atoms with Crippen LogP contribution in [-0.4, -0.2) is 16.7 Å². The molecule has 39 heavy (non-hydrogen) atoms. The van der Waals surface area contributed by atoms with Gasteiger partial charge in [0.2, 0.25) is 5.76 Å². The summed E-state index contributed by atoms with van der Waals surface area (Å²) >= 11 is 0. The first kappa shape index (κ1) is 23.2. The Labute approximate surface area is 221 Å². The SMILES string of the molecule is Cc1ccc2oc3c(c(=O)c2c1)[C@]1(C(=O)N(Cc2ccccc2F)c2ccccc21)N(Cc1ccco1)C3=O. The van der Waals surface area contributed by atoms with Crippen molar-refractivity contribution in [3.05, 3.63) is 135 Å². The predicted molar refractivity (Wildman–Crippen MR) is 141 cm³/mol. The molecule has 0 saturated carbocycles. The van der Waals surface area contributed by atoms with E-state index in [1.807, 2.05) is 6.92 Å². The van der Waals surface area contributed by atoms with Crippen molar-refractivity contribution < 1.29 is 22.8 Å². The van der Waals surface area contributed by atoms with Crippen LogP contribution in [0.15, 0.2) is 98.8 Å². The summed E-state index contributed by atoms with van der Waals surface area (Å²) in [7, 11) is 0. The zero-order valence-electron chi connectivity index (χ0n) is 20.8. The van der Waals surface area contributed by atoms with Gasteiger partial charge in [0, 0.05) is 11.1 Å². The molecule has 2 amide bonds. The highest BCUT2D eigenvalue weighted by molar-refractivity contribution is 6.17. The molecule has 0 N–H and O–H groups in total. The van der Waals surface area contributed by atoms with E-state index < -0.39 is 28.6 Å². The zero-order valence-corrected chi connectivity index (χ0v) is 20.8. The van der Waals surface area contributed by atoms with E-state index in [-0.39, 0.29) is 35.4 Å². The number of rotatable bonds is 4. The number of hydrogen-bond acceptors (Lipinski definition) is 5. The van der Waals surface area contributed by atoms with Crippen LogP contribution < -0.4 is 10.3 Å². The Balaban J connectivity index is 1.53. The maximum Gasteiger partial charge on any atom is 0.291 e. The van der Waals surface area contributed by atoms with Gasteiger partial charge in [-0.2, -0.15) is 0 Å². The summed E-state index contributed by atoms with van der Waals surface area (Å²) < 4.78 is 26.4. The molecule has 2 aromatic heterocycles. The molecule has 0 aliphatic carbocycles. The zero-order chi connectivity index (χ0) is 26.9. The third-order valence-electron chi connectivity index (χ3n) is 7.57. The summed E-state index contributed by atoms with van der Waals surface area (Å²) in [6, 6.07) is 21.7. The first-order chi connectivity index (χ1) is 18.9. The Morgan fingerprint density at radius 1 is 0.897 bits per heavy atom. The summed E-state index contributed by atoms with van der Waals surface area (Å²) in [6.45, 7) is 1.68. The van der Waals surface area contributed by atoms with Gasteiger partial charge in [-0.3, -0.25) is 14.4 Å². The molecule has 0 bridgehead atoms. The molecule has 7 nitrogen and oxygen atoms in total. The van der Waals surface area contributed by atoms with Gasteiger partial charge in [0.15, 0.2) is 11.0 Å². The van der Waals surface area contributed by atoms with E-state index in [9.17, 15) is 18.8 Å². The maximum absolute atomic E-state index is 14.7. The lowest BCUT2D eigenvalue weighted by Gasteiger charge is -2.33. The third-order valence-corrected chi connectivity index (χ3v) is 7.57. The maximum atomic E-state index is 14.7. The number of para-hydroxylation sites is 1. The molecular weight excluding hydrogens is 499 g/mol. The summed E-state index contributed by atoms with van der Waals surface area (Å²) in [5.74, 6) is -1.35. The Kier molecular flexibility index (Phi) is 4.91. The molecule has 7 rings (SSSR count). The van der Waals surface area contributed by atoms with Crippen LogP contribution in [0.25, 0.3) is 11.0 Å². The fourth-order valence-corrected chi connectivity index (χ4v) is 5.84. The summed E-state index contributed by atoms with van der Waals surface area (Å²) in [5, 5.41) is 0.276. The molecule has 0 radical (unpaired) electrons. The molecule has 1 spiro atoms. The van der Waals surface area contributed by atoms with Gasteiger partial charge in [0.05, 0.1) is 36.0 Å². The van der Waals surface area contributed by atoms with Crippen LogP contribution in [0.4, 0.5) is 10.1 Å². The van der Waals surface area contributed by atoms with Gasteiger partial charge in [-0.05, 0) is 43.3 Å². The minimum absolute atomic E-state index is 0.0364. The van der Waals surface area contributed by atoms with Crippen molar-refractivity contribution in [2.24, 2.45) is 0 Å². The van der Waals surface area contributed by atoms with Gasteiger partial charge in [-0.25, -0.2) is 4.39 Å². The second kappa shape index (κ2) is 8.26. The lowest BCUT2D eigenvalue weighted by atomic mass is 9.84. The van der Waals surface area contributed by atoms with Crippen LogP contribution in [0.5, 0.6) is 0 Å². The van der Waals surface area contributed by atoms with Crippen molar-refractivity contribution in [2.45, 2.75) is 25.6 Å². The Morgan fingerprint density at radius 3 is 2.49 bits per heavy atom. The van der Waals surface area contributed by atoms with Crippen LogP contribution in [0, 0.1) is 12.7 Å². The van der Waals surface area contributed by atoms with E-state index in [2.05, 4.69) is 0 Å². The lowest BCUT2D eigenvalue weighted by Crippen LogP contribution is -2.52. The number of aryl methyl sites for hydroxylation is 1. The highest BCUT2D eigenvalue weighted by Gasteiger charge is 2.65. The smallest absolute Gasteiger partial charge is 0.291 e. The molecule has 2 aliphatic rings. The van der Waals surface area contributed by atoms with Crippen molar-refractivity contribution in [1.82, 2.24) is 4.90 Å². The number of hydrogen-bond donors (Lipinski definition) is 0. The Bertz CT molecular complexity index is 1880.